The van der Waals surface area contributed by atoms with Crippen molar-refractivity contribution in [1.82, 2.24) is 5.32 Å². The average Bonchev–Trinajstić information content (AvgIpc) is 2.58. The first-order valence-electron chi connectivity index (χ1n) is 8.69. The Hall–Kier alpha value is -2.54. The van der Waals surface area contributed by atoms with Crippen LogP contribution in [0.15, 0.2) is 48.5 Å². The second kappa shape index (κ2) is 8.90. The molecule has 0 aromatic heterocycles. The molecule has 7 heteroatoms. The minimum Gasteiger partial charge on any atom is -0.491 e. The van der Waals surface area contributed by atoms with Gasteiger partial charge in [-0.2, -0.15) is 0 Å². The number of anilines is 1. The maximum absolute atomic E-state index is 12.4. The van der Waals surface area contributed by atoms with Crippen LogP contribution in [0.1, 0.15) is 18.1 Å². The lowest BCUT2D eigenvalue weighted by atomic mass is 10.2. The maximum atomic E-state index is 12.4. The van der Waals surface area contributed by atoms with Gasteiger partial charge < -0.3 is 10.1 Å². The molecule has 0 fully saturated rings. The van der Waals surface area contributed by atoms with Crippen molar-refractivity contribution < 1.29 is 17.9 Å². The number of benzene rings is 2. The van der Waals surface area contributed by atoms with E-state index in [9.17, 15) is 13.2 Å². The van der Waals surface area contributed by atoms with E-state index < -0.39 is 10.0 Å². The molecule has 0 radical (unpaired) electrons. The fraction of sp³-hybridized carbons (Fsp3) is 0.350. The normalized spacial score (nSPS) is 12.3. The molecule has 2 aromatic rings. The number of aryl methyl sites for hydroxylation is 2. The summed E-state index contributed by atoms with van der Waals surface area (Å²) in [5.74, 6) is 0.374. The van der Waals surface area contributed by atoms with Crippen molar-refractivity contribution in [3.05, 3.63) is 59.7 Å². The number of sulfonamides is 1. The van der Waals surface area contributed by atoms with E-state index >= 15 is 0 Å². The molecule has 0 saturated carbocycles. The molecular formula is C20H26N2O4S. The van der Waals surface area contributed by atoms with Gasteiger partial charge in [-0.1, -0.05) is 30.3 Å². The van der Waals surface area contributed by atoms with Crippen LogP contribution in [-0.2, 0) is 14.8 Å². The van der Waals surface area contributed by atoms with Gasteiger partial charge >= 0.3 is 0 Å². The first-order chi connectivity index (χ1) is 12.7. The summed E-state index contributed by atoms with van der Waals surface area (Å²) >= 11 is 0. The zero-order chi connectivity index (χ0) is 20.0. The molecule has 2 rings (SSSR count). The Morgan fingerprint density at radius 3 is 2.48 bits per heavy atom. The van der Waals surface area contributed by atoms with Crippen molar-refractivity contribution >= 4 is 21.6 Å². The van der Waals surface area contributed by atoms with E-state index in [1.54, 1.807) is 18.2 Å². The lowest BCUT2D eigenvalue weighted by Crippen LogP contribution is -2.44. The smallest absolute Gasteiger partial charge is 0.241 e. The molecule has 2 aromatic carbocycles. The molecular weight excluding hydrogens is 364 g/mol. The molecule has 0 aliphatic carbocycles. The summed E-state index contributed by atoms with van der Waals surface area (Å²) in [4.78, 5) is 12.4. The predicted octanol–water partition coefficient (Wildman–Crippen LogP) is 2.65. The van der Waals surface area contributed by atoms with Gasteiger partial charge in [0.15, 0.2) is 0 Å². The summed E-state index contributed by atoms with van der Waals surface area (Å²) in [6, 6.07) is 14.4. The van der Waals surface area contributed by atoms with E-state index in [0.717, 1.165) is 27.4 Å². The summed E-state index contributed by atoms with van der Waals surface area (Å²) in [7, 11) is -3.59. The monoisotopic (exact) mass is 390 g/mol. The molecule has 146 valence electrons. The summed E-state index contributed by atoms with van der Waals surface area (Å²) < 4.78 is 31.1. The highest BCUT2D eigenvalue weighted by molar-refractivity contribution is 7.92. The van der Waals surface area contributed by atoms with E-state index in [4.69, 9.17) is 4.74 Å². The molecule has 6 nitrogen and oxygen atoms in total. The van der Waals surface area contributed by atoms with Gasteiger partial charge in [0.2, 0.25) is 15.9 Å². The van der Waals surface area contributed by atoms with Crippen LogP contribution in [-0.4, -0.2) is 39.8 Å². The number of hydrogen-bond donors (Lipinski definition) is 1. The number of carbonyl (C=O) groups excluding carboxylic acids is 1. The van der Waals surface area contributed by atoms with Gasteiger partial charge in [0.05, 0.1) is 18.0 Å². The van der Waals surface area contributed by atoms with Crippen molar-refractivity contribution in [2.24, 2.45) is 0 Å². The van der Waals surface area contributed by atoms with Crippen molar-refractivity contribution in [3.63, 3.8) is 0 Å². The van der Waals surface area contributed by atoms with Gasteiger partial charge in [-0.15, -0.1) is 0 Å². The van der Waals surface area contributed by atoms with E-state index in [1.165, 1.54) is 0 Å². The van der Waals surface area contributed by atoms with Crippen LogP contribution < -0.4 is 14.4 Å². The summed E-state index contributed by atoms with van der Waals surface area (Å²) in [5.41, 5.74) is 2.40. The Kier molecular flexibility index (Phi) is 6.85. The molecule has 0 aliphatic rings. The lowest BCUT2D eigenvalue weighted by molar-refractivity contribution is -0.120. The minimum absolute atomic E-state index is 0.268. The van der Waals surface area contributed by atoms with Crippen LogP contribution in [0.2, 0.25) is 0 Å². The summed E-state index contributed by atoms with van der Waals surface area (Å²) in [6.45, 7) is 5.64. The quantitative estimate of drug-likeness (QED) is 0.752. The Labute approximate surface area is 161 Å². The molecule has 0 bridgehead atoms. The van der Waals surface area contributed by atoms with E-state index in [-0.39, 0.29) is 18.5 Å². The van der Waals surface area contributed by atoms with Gasteiger partial charge in [0.1, 0.15) is 18.9 Å². The Morgan fingerprint density at radius 1 is 1.15 bits per heavy atom. The van der Waals surface area contributed by atoms with Crippen molar-refractivity contribution in [2.45, 2.75) is 26.8 Å². The zero-order valence-electron chi connectivity index (χ0n) is 16.1. The van der Waals surface area contributed by atoms with Crippen LogP contribution >= 0.6 is 0 Å². The Balaban J connectivity index is 1.98. The highest BCUT2D eigenvalue weighted by Gasteiger charge is 2.21. The third-order valence-corrected chi connectivity index (χ3v) is 5.11. The molecule has 1 unspecified atom stereocenters. The topological polar surface area (TPSA) is 75.7 Å². The second-order valence-corrected chi connectivity index (χ2v) is 8.56. The molecule has 0 saturated heterocycles. The molecule has 27 heavy (non-hydrogen) atoms. The highest BCUT2D eigenvalue weighted by atomic mass is 32.2. The molecule has 0 aliphatic heterocycles. The van der Waals surface area contributed by atoms with Gasteiger partial charge in [-0.05, 0) is 50.1 Å². The predicted molar refractivity (Wildman–Crippen MR) is 108 cm³/mol. The van der Waals surface area contributed by atoms with Gasteiger partial charge in [-0.3, -0.25) is 9.10 Å². The van der Waals surface area contributed by atoms with Crippen molar-refractivity contribution in [3.8, 4) is 5.75 Å². The fourth-order valence-electron chi connectivity index (χ4n) is 2.61. The van der Waals surface area contributed by atoms with Crippen molar-refractivity contribution in [2.75, 3.05) is 23.7 Å². The average molecular weight is 391 g/mol. The van der Waals surface area contributed by atoms with Gasteiger partial charge in [-0.25, -0.2) is 8.42 Å². The third-order valence-electron chi connectivity index (χ3n) is 3.97. The van der Waals surface area contributed by atoms with Crippen LogP contribution in [0.25, 0.3) is 0 Å². The van der Waals surface area contributed by atoms with E-state index in [0.29, 0.717) is 12.3 Å². The standard InChI is InChI=1S/C20H26N2O4S/c1-15-8-7-10-18(12-15)22(27(4,24)25)13-20(23)21-17(3)14-26-19-11-6-5-9-16(19)2/h5-12,17H,13-14H2,1-4H3,(H,21,23). The number of para-hydroxylation sites is 1. The number of carbonyl (C=O) groups is 1. The Bertz CT molecular complexity index is 896. The van der Waals surface area contributed by atoms with E-state index in [2.05, 4.69) is 5.32 Å². The maximum Gasteiger partial charge on any atom is 0.241 e. The van der Waals surface area contributed by atoms with Gasteiger partial charge in [0, 0.05) is 0 Å². The number of nitrogens with zero attached hydrogens (tertiary/aromatic N) is 1. The molecule has 1 atom stereocenters. The molecule has 0 spiro atoms. The molecule has 0 heterocycles. The SMILES string of the molecule is Cc1cccc(N(CC(=O)NC(C)COc2ccccc2C)S(C)(=O)=O)c1. The second-order valence-electron chi connectivity index (χ2n) is 6.65. The van der Waals surface area contributed by atoms with Crippen LogP contribution in [0.3, 0.4) is 0 Å². The van der Waals surface area contributed by atoms with Crippen LogP contribution in [0, 0.1) is 13.8 Å². The Morgan fingerprint density at radius 2 is 1.85 bits per heavy atom. The molecule has 1 amide bonds. The number of rotatable bonds is 8. The number of hydrogen-bond acceptors (Lipinski definition) is 4. The zero-order valence-corrected chi connectivity index (χ0v) is 16.9. The minimum atomic E-state index is -3.59. The van der Waals surface area contributed by atoms with Crippen molar-refractivity contribution in [1.29, 1.82) is 0 Å². The number of ether oxygens (including phenoxy) is 1. The number of amides is 1. The summed E-state index contributed by atoms with van der Waals surface area (Å²) in [5, 5.41) is 2.79. The lowest BCUT2D eigenvalue weighted by Gasteiger charge is -2.23. The first kappa shape index (κ1) is 20.8. The van der Waals surface area contributed by atoms with Gasteiger partial charge in [0.25, 0.3) is 0 Å². The highest BCUT2D eigenvalue weighted by Crippen LogP contribution is 2.19. The van der Waals surface area contributed by atoms with Crippen LogP contribution in [0.5, 0.6) is 5.75 Å². The number of nitrogens with one attached hydrogen (secondary N) is 1. The van der Waals surface area contributed by atoms with Crippen LogP contribution in [0.4, 0.5) is 5.69 Å². The summed E-state index contributed by atoms with van der Waals surface area (Å²) in [6.07, 6.45) is 1.09. The third kappa shape index (κ3) is 6.29. The fourth-order valence-corrected chi connectivity index (χ4v) is 3.46. The van der Waals surface area contributed by atoms with E-state index in [1.807, 2.05) is 51.1 Å². The molecule has 1 N–H and O–H groups in total. The first-order valence-corrected chi connectivity index (χ1v) is 10.5. The largest absolute Gasteiger partial charge is 0.491 e.